The van der Waals surface area contributed by atoms with Crippen LogP contribution in [0.25, 0.3) is 5.57 Å². The molecule has 0 radical (unpaired) electrons. The van der Waals surface area contributed by atoms with Gasteiger partial charge in [0.25, 0.3) is 0 Å². The van der Waals surface area contributed by atoms with Gasteiger partial charge in [0.15, 0.2) is 6.29 Å². The molecule has 3 aromatic rings. The summed E-state index contributed by atoms with van der Waals surface area (Å²) in [6.07, 6.45) is 2.51. The van der Waals surface area contributed by atoms with Gasteiger partial charge < -0.3 is 28.4 Å². The average molecular weight is 522 g/mol. The van der Waals surface area contributed by atoms with Gasteiger partial charge in [-0.05, 0) is 39.0 Å². The van der Waals surface area contributed by atoms with Crippen molar-refractivity contribution in [3.05, 3.63) is 78.3 Å². The van der Waals surface area contributed by atoms with Gasteiger partial charge in [-0.25, -0.2) is 14.8 Å². The number of nitrogens with zero attached hydrogens (tertiary/aromatic N) is 3. The molecule has 2 aromatic carbocycles. The van der Waals surface area contributed by atoms with Crippen LogP contribution in [0.5, 0.6) is 23.3 Å². The number of nitriles is 1. The van der Waals surface area contributed by atoms with Crippen molar-refractivity contribution in [2.24, 2.45) is 0 Å². The Hall–Kier alpha value is -4.46. The fourth-order valence-electron chi connectivity index (χ4n) is 3.05. The van der Waals surface area contributed by atoms with E-state index >= 15 is 0 Å². The molecule has 1 aromatic heterocycles. The number of esters is 1. The molecule has 0 saturated carbocycles. The second-order valence-corrected chi connectivity index (χ2v) is 7.24. The fraction of sp³-hybridized carbons (Fsp3) is 0.286. The summed E-state index contributed by atoms with van der Waals surface area (Å²) in [5.41, 5.74) is 1.02. The van der Waals surface area contributed by atoms with Crippen molar-refractivity contribution in [2.75, 3.05) is 27.4 Å². The Morgan fingerprint density at radius 2 is 1.53 bits per heavy atom. The van der Waals surface area contributed by atoms with Gasteiger partial charge >= 0.3 is 5.97 Å². The molecule has 0 spiro atoms. The maximum absolute atomic E-state index is 12.1. The molecule has 38 heavy (non-hydrogen) atoms. The van der Waals surface area contributed by atoms with Crippen molar-refractivity contribution in [2.45, 2.75) is 27.1 Å². The first-order valence-electron chi connectivity index (χ1n) is 11.8. The number of aromatic nitrogens is 2. The Balaban J connectivity index is 0.000000550. The zero-order valence-electron chi connectivity index (χ0n) is 22.0. The van der Waals surface area contributed by atoms with Crippen LogP contribution in [0.3, 0.4) is 0 Å². The summed E-state index contributed by atoms with van der Waals surface area (Å²) >= 11 is 0. The van der Waals surface area contributed by atoms with Crippen LogP contribution in [0.2, 0.25) is 0 Å². The summed E-state index contributed by atoms with van der Waals surface area (Å²) in [5, 5.41) is 9.20. The lowest BCUT2D eigenvalue weighted by atomic mass is 10.1. The van der Waals surface area contributed by atoms with E-state index < -0.39 is 5.97 Å². The van der Waals surface area contributed by atoms with Crippen molar-refractivity contribution < 1.29 is 33.2 Å². The van der Waals surface area contributed by atoms with Crippen LogP contribution in [0.4, 0.5) is 0 Å². The van der Waals surface area contributed by atoms with Crippen LogP contribution in [0.1, 0.15) is 31.9 Å². The molecule has 10 heteroatoms. The number of ether oxygens (including phenoxy) is 6. The summed E-state index contributed by atoms with van der Waals surface area (Å²) < 4.78 is 31.5. The maximum atomic E-state index is 12.1. The predicted octanol–water partition coefficient (Wildman–Crippen LogP) is 5.50. The molecule has 0 aliphatic carbocycles. The first kappa shape index (κ1) is 29.8. The Morgan fingerprint density at radius 3 is 2.11 bits per heavy atom. The Labute approximate surface area is 222 Å². The smallest absolute Gasteiger partial charge is 0.341 e. The molecule has 10 nitrogen and oxygen atoms in total. The molecule has 0 amide bonds. The van der Waals surface area contributed by atoms with Crippen molar-refractivity contribution in [1.82, 2.24) is 9.97 Å². The number of methoxy groups -OCH3 is 2. The summed E-state index contributed by atoms with van der Waals surface area (Å²) in [6, 6.07) is 17.2. The van der Waals surface area contributed by atoms with Gasteiger partial charge in [0.05, 0.1) is 32.1 Å². The van der Waals surface area contributed by atoms with Crippen molar-refractivity contribution in [3.8, 4) is 29.3 Å². The highest BCUT2D eigenvalue weighted by atomic mass is 16.7. The molecular weight excluding hydrogens is 490 g/mol. The monoisotopic (exact) mass is 521 g/mol. The third-order valence-corrected chi connectivity index (χ3v) is 4.67. The van der Waals surface area contributed by atoms with Crippen molar-refractivity contribution >= 4 is 11.5 Å². The maximum Gasteiger partial charge on any atom is 0.341 e. The third-order valence-electron chi connectivity index (χ3n) is 4.67. The zero-order valence-corrected chi connectivity index (χ0v) is 22.0. The van der Waals surface area contributed by atoms with Gasteiger partial charge in [0, 0.05) is 18.8 Å². The molecule has 3 rings (SSSR count). The molecular formula is C28H31N3O7. The predicted molar refractivity (Wildman–Crippen MR) is 139 cm³/mol. The second kappa shape index (κ2) is 16.3. The normalized spacial score (nSPS) is 10.6. The highest BCUT2D eigenvalue weighted by Gasteiger charge is 2.18. The molecule has 1 heterocycles. The second-order valence-electron chi connectivity index (χ2n) is 7.24. The quantitative estimate of drug-likeness (QED) is 0.138. The van der Waals surface area contributed by atoms with E-state index in [1.54, 1.807) is 48.5 Å². The molecule has 0 atom stereocenters. The lowest BCUT2D eigenvalue weighted by Crippen LogP contribution is -2.11. The van der Waals surface area contributed by atoms with E-state index in [4.69, 9.17) is 28.4 Å². The number of hydrogen-bond acceptors (Lipinski definition) is 10. The minimum Gasteiger partial charge on any atom is -0.503 e. The molecule has 0 fully saturated rings. The largest absolute Gasteiger partial charge is 0.503 e. The minimum atomic E-state index is -0.576. The van der Waals surface area contributed by atoms with E-state index in [-0.39, 0.29) is 23.6 Å². The lowest BCUT2D eigenvalue weighted by Gasteiger charge is -2.12. The van der Waals surface area contributed by atoms with E-state index in [2.05, 4.69) is 16.0 Å². The van der Waals surface area contributed by atoms with E-state index in [0.29, 0.717) is 22.6 Å². The van der Waals surface area contributed by atoms with Crippen LogP contribution in [-0.4, -0.2) is 49.7 Å². The highest BCUT2D eigenvalue weighted by molar-refractivity contribution is 6.17. The summed E-state index contributed by atoms with van der Waals surface area (Å²) in [7, 11) is 2.71. The van der Waals surface area contributed by atoms with Gasteiger partial charge in [0.2, 0.25) is 11.8 Å². The molecule has 0 aliphatic rings. The fourth-order valence-corrected chi connectivity index (χ4v) is 3.05. The van der Waals surface area contributed by atoms with E-state index in [1.807, 2.05) is 20.8 Å². The van der Waals surface area contributed by atoms with Gasteiger partial charge in [-0.15, -0.1) is 0 Å². The first-order valence-corrected chi connectivity index (χ1v) is 11.8. The van der Waals surface area contributed by atoms with E-state index in [1.165, 1.54) is 32.9 Å². The zero-order chi connectivity index (χ0) is 27.8. The molecule has 0 N–H and O–H groups in total. The van der Waals surface area contributed by atoms with Gasteiger partial charge in [0.1, 0.15) is 29.5 Å². The number of hydrogen-bond donors (Lipinski definition) is 0. The molecule has 0 unspecified atom stereocenters. The van der Waals surface area contributed by atoms with Crippen LogP contribution in [0, 0.1) is 11.3 Å². The third kappa shape index (κ3) is 9.20. The summed E-state index contributed by atoms with van der Waals surface area (Å²) in [6.45, 7) is 7.25. The topological polar surface area (TPSA) is 122 Å². The van der Waals surface area contributed by atoms with Gasteiger partial charge in [-0.2, -0.15) is 5.26 Å². The van der Waals surface area contributed by atoms with Crippen LogP contribution < -0.4 is 9.47 Å². The standard InChI is InChI=1S/C22H17N3O5.C6H14O2/c1-27-13-17(22(26)28-2)16-8-4-6-10-19(16)30-21-11-20(24-14-25-21)29-18-9-5-3-7-15(18)12-23;1-4-7-6(3)8-5-2/h3-11,13-14H,1-2H3;6H,4-5H2,1-3H3/b17-13+;. The SMILES string of the molecule is CCOC(C)OCC.CO/C=C(/C(=O)OC)c1ccccc1Oc1cc(Oc2ccccc2C#N)ncn1. The van der Waals surface area contributed by atoms with Gasteiger partial charge in [-0.3, -0.25) is 0 Å². The molecule has 0 saturated heterocycles. The summed E-state index contributed by atoms with van der Waals surface area (Å²) in [4.78, 5) is 20.3. The molecule has 0 bridgehead atoms. The number of rotatable bonds is 11. The summed E-state index contributed by atoms with van der Waals surface area (Å²) in [5.74, 6) is 0.520. The number of carbonyl (C=O) groups excluding carboxylic acids is 1. The Bertz CT molecular complexity index is 1230. The number of para-hydroxylation sites is 2. The highest BCUT2D eigenvalue weighted by Crippen LogP contribution is 2.32. The lowest BCUT2D eigenvalue weighted by molar-refractivity contribution is -0.133. The Kier molecular flexibility index (Phi) is 12.8. The van der Waals surface area contributed by atoms with E-state index in [9.17, 15) is 10.1 Å². The first-order chi connectivity index (χ1) is 18.5. The number of carbonyl (C=O) groups is 1. The molecule has 0 aliphatic heterocycles. The van der Waals surface area contributed by atoms with Crippen LogP contribution >= 0.6 is 0 Å². The number of benzene rings is 2. The van der Waals surface area contributed by atoms with E-state index in [0.717, 1.165) is 13.2 Å². The minimum absolute atomic E-state index is 0.0370. The Morgan fingerprint density at radius 1 is 0.947 bits per heavy atom. The molecule has 200 valence electrons. The van der Waals surface area contributed by atoms with Crippen molar-refractivity contribution in [3.63, 3.8) is 0 Å². The van der Waals surface area contributed by atoms with Crippen LogP contribution in [-0.2, 0) is 23.7 Å². The average Bonchev–Trinajstić information content (AvgIpc) is 2.93. The van der Waals surface area contributed by atoms with Gasteiger partial charge in [-0.1, -0.05) is 30.3 Å². The van der Waals surface area contributed by atoms with Crippen molar-refractivity contribution in [1.29, 1.82) is 5.26 Å². The van der Waals surface area contributed by atoms with Crippen LogP contribution in [0.15, 0.2) is 67.2 Å².